The first-order valence-corrected chi connectivity index (χ1v) is 9.10. The quantitative estimate of drug-likeness (QED) is 0.598. The molecule has 0 saturated heterocycles. The van der Waals surface area contributed by atoms with Crippen LogP contribution in [0.2, 0.25) is 0 Å². The summed E-state index contributed by atoms with van der Waals surface area (Å²) in [6.45, 7) is 2.95. The minimum Gasteiger partial charge on any atom is -0.459 e. The Balaban J connectivity index is 1.60. The van der Waals surface area contributed by atoms with Gasteiger partial charge in [0, 0.05) is 11.1 Å². The molecule has 0 atom stereocenters. The standard InChI is InChI=1S/C21H19N3O6/c1-12(2)30-20(27)13-7-9-14(10-8-13)22-17(25)11-29-21(28)18-15-5-3-4-6-16(15)19(26)24-23-18/h3-10,12H,11H2,1-2H3,(H,22,25)(H,24,26). The van der Waals surface area contributed by atoms with Crippen molar-refractivity contribution in [2.45, 2.75) is 20.0 Å². The maximum Gasteiger partial charge on any atom is 0.359 e. The van der Waals surface area contributed by atoms with E-state index in [1.807, 2.05) is 0 Å². The molecule has 9 nitrogen and oxygen atoms in total. The molecule has 2 aromatic carbocycles. The van der Waals surface area contributed by atoms with Gasteiger partial charge in [-0.15, -0.1) is 0 Å². The van der Waals surface area contributed by atoms with E-state index in [-0.39, 0.29) is 11.8 Å². The fraction of sp³-hybridized carbons (Fsp3) is 0.190. The zero-order valence-electron chi connectivity index (χ0n) is 16.3. The van der Waals surface area contributed by atoms with E-state index >= 15 is 0 Å². The normalized spacial score (nSPS) is 10.6. The lowest BCUT2D eigenvalue weighted by Crippen LogP contribution is -2.22. The summed E-state index contributed by atoms with van der Waals surface area (Å²) in [6.07, 6.45) is -0.236. The van der Waals surface area contributed by atoms with Crippen LogP contribution in [0.25, 0.3) is 10.8 Å². The molecule has 3 aromatic rings. The van der Waals surface area contributed by atoms with Crippen molar-refractivity contribution in [3.8, 4) is 0 Å². The molecule has 0 saturated carbocycles. The predicted octanol–water partition coefficient (Wildman–Crippen LogP) is 2.28. The van der Waals surface area contributed by atoms with Gasteiger partial charge in [0.05, 0.1) is 17.1 Å². The van der Waals surface area contributed by atoms with Gasteiger partial charge in [-0.1, -0.05) is 18.2 Å². The molecule has 0 unspecified atom stereocenters. The van der Waals surface area contributed by atoms with E-state index in [0.29, 0.717) is 22.0 Å². The minimum absolute atomic E-state index is 0.0917. The van der Waals surface area contributed by atoms with Gasteiger partial charge in [-0.25, -0.2) is 14.7 Å². The highest BCUT2D eigenvalue weighted by Gasteiger charge is 2.17. The highest BCUT2D eigenvalue weighted by Crippen LogP contribution is 2.14. The number of benzene rings is 2. The Kier molecular flexibility index (Phi) is 6.21. The van der Waals surface area contributed by atoms with E-state index in [0.717, 1.165) is 0 Å². The summed E-state index contributed by atoms with van der Waals surface area (Å²) < 4.78 is 10.1. The number of anilines is 1. The van der Waals surface area contributed by atoms with Crippen LogP contribution in [-0.4, -0.2) is 40.8 Å². The van der Waals surface area contributed by atoms with Crippen molar-refractivity contribution < 1.29 is 23.9 Å². The van der Waals surface area contributed by atoms with Crippen LogP contribution in [0.1, 0.15) is 34.7 Å². The number of carbonyl (C=O) groups is 3. The number of amides is 1. The Morgan fingerprint density at radius 1 is 1.00 bits per heavy atom. The summed E-state index contributed by atoms with van der Waals surface area (Å²) in [7, 11) is 0. The SMILES string of the molecule is CC(C)OC(=O)c1ccc(NC(=O)COC(=O)c2n[nH]c(=O)c3ccccc23)cc1. The monoisotopic (exact) mass is 409 g/mol. The molecular weight excluding hydrogens is 390 g/mol. The van der Waals surface area contributed by atoms with Crippen molar-refractivity contribution in [3.63, 3.8) is 0 Å². The van der Waals surface area contributed by atoms with Gasteiger partial charge < -0.3 is 14.8 Å². The first kappa shape index (κ1) is 20.7. The number of ether oxygens (including phenoxy) is 2. The molecule has 0 spiro atoms. The van der Waals surface area contributed by atoms with Crippen molar-refractivity contribution >= 4 is 34.3 Å². The molecule has 1 heterocycles. The number of nitrogens with one attached hydrogen (secondary N) is 2. The summed E-state index contributed by atoms with van der Waals surface area (Å²) in [6, 6.07) is 12.5. The number of esters is 2. The summed E-state index contributed by atoms with van der Waals surface area (Å²) in [5.41, 5.74) is 0.251. The average molecular weight is 409 g/mol. The van der Waals surface area contributed by atoms with Gasteiger partial charge in [-0.2, -0.15) is 5.10 Å². The molecule has 0 radical (unpaired) electrons. The Hall–Kier alpha value is -4.01. The second kappa shape index (κ2) is 8.99. The lowest BCUT2D eigenvalue weighted by atomic mass is 10.1. The topological polar surface area (TPSA) is 127 Å². The molecule has 0 aliphatic carbocycles. The minimum atomic E-state index is -0.843. The molecule has 154 valence electrons. The maximum absolute atomic E-state index is 12.3. The van der Waals surface area contributed by atoms with Crippen LogP contribution in [0, 0.1) is 0 Å². The summed E-state index contributed by atoms with van der Waals surface area (Å²) in [5, 5.41) is 9.14. The second-order valence-electron chi connectivity index (χ2n) is 6.60. The fourth-order valence-corrected chi connectivity index (χ4v) is 2.64. The molecule has 0 fully saturated rings. The lowest BCUT2D eigenvalue weighted by molar-refractivity contribution is -0.119. The fourth-order valence-electron chi connectivity index (χ4n) is 2.64. The Bertz CT molecular complexity index is 1150. The lowest BCUT2D eigenvalue weighted by Gasteiger charge is -2.09. The number of hydrogen-bond donors (Lipinski definition) is 2. The number of aromatic amines is 1. The van der Waals surface area contributed by atoms with Crippen molar-refractivity contribution in [2.75, 3.05) is 11.9 Å². The third kappa shape index (κ3) is 4.88. The van der Waals surface area contributed by atoms with Crippen molar-refractivity contribution in [3.05, 3.63) is 70.1 Å². The van der Waals surface area contributed by atoms with Crippen LogP contribution in [0.15, 0.2) is 53.3 Å². The number of rotatable bonds is 6. The molecule has 0 aliphatic heterocycles. The van der Waals surface area contributed by atoms with Gasteiger partial charge >= 0.3 is 11.9 Å². The van der Waals surface area contributed by atoms with E-state index < -0.39 is 30.0 Å². The van der Waals surface area contributed by atoms with E-state index in [1.165, 1.54) is 24.3 Å². The van der Waals surface area contributed by atoms with Gasteiger partial charge in [0.15, 0.2) is 12.3 Å². The van der Waals surface area contributed by atoms with E-state index in [1.54, 1.807) is 38.1 Å². The summed E-state index contributed by atoms with van der Waals surface area (Å²) in [5.74, 6) is -1.88. The molecule has 0 aliphatic rings. The maximum atomic E-state index is 12.3. The Morgan fingerprint density at radius 3 is 2.33 bits per heavy atom. The summed E-state index contributed by atoms with van der Waals surface area (Å²) >= 11 is 0. The average Bonchev–Trinajstić information content (AvgIpc) is 2.72. The number of hydrogen-bond acceptors (Lipinski definition) is 7. The third-order valence-electron chi connectivity index (χ3n) is 3.97. The van der Waals surface area contributed by atoms with Crippen LogP contribution in [-0.2, 0) is 14.3 Å². The number of aromatic nitrogens is 2. The number of H-pyrrole nitrogens is 1. The first-order valence-electron chi connectivity index (χ1n) is 9.10. The Morgan fingerprint density at radius 2 is 1.67 bits per heavy atom. The molecule has 9 heteroatoms. The van der Waals surface area contributed by atoms with Crippen LogP contribution in [0.4, 0.5) is 5.69 Å². The first-order chi connectivity index (χ1) is 14.3. The van der Waals surface area contributed by atoms with Crippen molar-refractivity contribution in [1.29, 1.82) is 0 Å². The zero-order chi connectivity index (χ0) is 21.7. The van der Waals surface area contributed by atoms with Crippen LogP contribution < -0.4 is 10.9 Å². The molecule has 0 bridgehead atoms. The van der Waals surface area contributed by atoms with Gasteiger partial charge in [-0.3, -0.25) is 9.59 Å². The molecule has 3 rings (SSSR count). The van der Waals surface area contributed by atoms with Gasteiger partial charge in [0.1, 0.15) is 0 Å². The molecule has 1 aromatic heterocycles. The van der Waals surface area contributed by atoms with Crippen molar-refractivity contribution in [1.82, 2.24) is 10.2 Å². The highest BCUT2D eigenvalue weighted by atomic mass is 16.5. The van der Waals surface area contributed by atoms with Crippen LogP contribution in [0.3, 0.4) is 0 Å². The number of carbonyl (C=O) groups excluding carboxylic acids is 3. The van der Waals surface area contributed by atoms with Gasteiger partial charge in [-0.05, 0) is 44.2 Å². The second-order valence-corrected chi connectivity index (χ2v) is 6.60. The van der Waals surface area contributed by atoms with Gasteiger partial charge in [0.2, 0.25) is 0 Å². The molecule has 1 amide bonds. The number of fused-ring (bicyclic) bond motifs is 1. The molecule has 30 heavy (non-hydrogen) atoms. The van der Waals surface area contributed by atoms with E-state index in [4.69, 9.17) is 9.47 Å². The van der Waals surface area contributed by atoms with Gasteiger partial charge in [0.25, 0.3) is 11.5 Å². The molecular formula is C21H19N3O6. The summed E-state index contributed by atoms with van der Waals surface area (Å²) in [4.78, 5) is 48.0. The van der Waals surface area contributed by atoms with Crippen molar-refractivity contribution in [2.24, 2.45) is 0 Å². The zero-order valence-corrected chi connectivity index (χ0v) is 16.3. The molecule has 2 N–H and O–H groups in total. The van der Waals surface area contributed by atoms with E-state index in [2.05, 4.69) is 15.5 Å². The van der Waals surface area contributed by atoms with E-state index in [9.17, 15) is 19.2 Å². The largest absolute Gasteiger partial charge is 0.459 e. The Labute approximate surface area is 171 Å². The highest BCUT2D eigenvalue weighted by molar-refractivity contribution is 6.03. The number of nitrogens with zero attached hydrogens (tertiary/aromatic N) is 1. The van der Waals surface area contributed by atoms with Crippen LogP contribution in [0.5, 0.6) is 0 Å². The third-order valence-corrected chi connectivity index (χ3v) is 3.97. The predicted molar refractivity (Wildman–Crippen MR) is 108 cm³/mol. The van der Waals surface area contributed by atoms with Crippen LogP contribution >= 0.6 is 0 Å². The smallest absolute Gasteiger partial charge is 0.359 e.